The summed E-state index contributed by atoms with van der Waals surface area (Å²) in [6.45, 7) is 1.89. The number of nitrogens with two attached hydrogens (primary N) is 2. The van der Waals surface area contributed by atoms with Crippen LogP contribution < -0.4 is 11.5 Å². The van der Waals surface area contributed by atoms with Gasteiger partial charge in [0.15, 0.2) is 0 Å². The lowest BCUT2D eigenvalue weighted by molar-refractivity contribution is -0.115. The molecule has 0 bridgehead atoms. The Bertz CT molecular complexity index is 390. The van der Waals surface area contributed by atoms with Crippen molar-refractivity contribution in [2.24, 2.45) is 5.73 Å². The minimum Gasteiger partial charge on any atom is -0.398 e. The number of nitrogen functional groups attached to an aromatic ring is 1. The lowest BCUT2D eigenvalue weighted by Gasteiger charge is -2.04. The maximum atomic E-state index is 11.5. The molecule has 1 atom stereocenters. The molecule has 0 saturated carbocycles. The van der Waals surface area contributed by atoms with Gasteiger partial charge in [0.25, 0.3) is 0 Å². The van der Waals surface area contributed by atoms with Gasteiger partial charge in [0.1, 0.15) is 5.75 Å². The number of amides is 1. The number of hydrogen-bond acceptors (Lipinski definition) is 3. The van der Waals surface area contributed by atoms with Crippen LogP contribution in [0.25, 0.3) is 0 Å². The molecule has 0 aliphatic heterocycles. The van der Waals surface area contributed by atoms with Crippen molar-refractivity contribution in [3.05, 3.63) is 23.8 Å². The normalized spacial score (nSPS) is 12.4. The van der Waals surface area contributed by atoms with Crippen molar-refractivity contribution < 1.29 is 9.00 Å². The maximum Gasteiger partial charge on any atom is 0.230 e. The Hall–Kier alpha value is -1.36. The standard InChI is InChI=1S/C9H12N2O2S/c1-6-2-3-8(7(10)4-6)14(13)5-9(11)12/h2-4H,5,10H2,1H3,(H2,11,12). The van der Waals surface area contributed by atoms with E-state index in [4.69, 9.17) is 11.5 Å². The van der Waals surface area contributed by atoms with Crippen LogP contribution >= 0.6 is 0 Å². The van der Waals surface area contributed by atoms with Crippen LogP contribution in [0.4, 0.5) is 5.69 Å². The molecule has 0 saturated heterocycles. The molecule has 4 N–H and O–H groups in total. The van der Waals surface area contributed by atoms with E-state index in [1.807, 2.05) is 6.92 Å². The van der Waals surface area contributed by atoms with Gasteiger partial charge in [-0.1, -0.05) is 6.07 Å². The topological polar surface area (TPSA) is 86.2 Å². The fourth-order valence-corrected chi connectivity index (χ4v) is 2.04. The predicted molar refractivity (Wildman–Crippen MR) is 56.1 cm³/mol. The average Bonchev–Trinajstić information content (AvgIpc) is 2.01. The summed E-state index contributed by atoms with van der Waals surface area (Å²) in [6.07, 6.45) is 0. The summed E-state index contributed by atoms with van der Waals surface area (Å²) < 4.78 is 11.5. The first-order chi connectivity index (χ1) is 6.50. The van der Waals surface area contributed by atoms with Crippen LogP contribution in [0.5, 0.6) is 0 Å². The minimum atomic E-state index is -1.43. The van der Waals surface area contributed by atoms with E-state index in [1.54, 1.807) is 18.2 Å². The molecule has 1 aromatic carbocycles. The van der Waals surface area contributed by atoms with E-state index in [1.165, 1.54) is 0 Å². The highest BCUT2D eigenvalue weighted by molar-refractivity contribution is 7.86. The maximum absolute atomic E-state index is 11.5. The number of rotatable bonds is 3. The molecule has 5 heteroatoms. The molecule has 14 heavy (non-hydrogen) atoms. The highest BCUT2D eigenvalue weighted by Crippen LogP contribution is 2.17. The number of benzene rings is 1. The largest absolute Gasteiger partial charge is 0.398 e. The molecule has 0 fully saturated rings. The third kappa shape index (κ3) is 2.56. The SMILES string of the molecule is Cc1ccc(S(=O)CC(N)=O)c(N)c1. The van der Waals surface area contributed by atoms with Gasteiger partial charge in [-0.15, -0.1) is 0 Å². The zero-order valence-electron chi connectivity index (χ0n) is 7.82. The molecule has 1 aromatic rings. The lowest BCUT2D eigenvalue weighted by atomic mass is 10.2. The summed E-state index contributed by atoms with van der Waals surface area (Å²) >= 11 is 0. The van der Waals surface area contributed by atoms with Crippen LogP contribution in [-0.2, 0) is 15.6 Å². The molecule has 0 heterocycles. The first-order valence-electron chi connectivity index (χ1n) is 4.03. The van der Waals surface area contributed by atoms with Crippen molar-refractivity contribution in [1.82, 2.24) is 0 Å². The molecule has 76 valence electrons. The van der Waals surface area contributed by atoms with Crippen LogP contribution in [-0.4, -0.2) is 15.9 Å². The molecule has 0 radical (unpaired) electrons. The Morgan fingerprint density at radius 1 is 1.50 bits per heavy atom. The predicted octanol–water partition coefficient (Wildman–Crippen LogP) is 0.170. The smallest absolute Gasteiger partial charge is 0.230 e. The molecule has 0 spiro atoms. The summed E-state index contributed by atoms with van der Waals surface area (Å²) in [4.78, 5) is 11.0. The van der Waals surface area contributed by atoms with Gasteiger partial charge in [0.2, 0.25) is 5.91 Å². The minimum absolute atomic E-state index is 0.187. The first kappa shape index (κ1) is 10.7. The Balaban J connectivity index is 2.96. The second-order valence-electron chi connectivity index (χ2n) is 3.00. The average molecular weight is 212 g/mol. The molecule has 0 aliphatic rings. The fourth-order valence-electron chi connectivity index (χ4n) is 1.08. The summed E-state index contributed by atoms with van der Waals surface area (Å²) in [5.74, 6) is -0.781. The van der Waals surface area contributed by atoms with Crippen LogP contribution in [0.15, 0.2) is 23.1 Å². The van der Waals surface area contributed by atoms with Gasteiger partial charge in [-0.05, 0) is 24.6 Å². The Morgan fingerprint density at radius 2 is 2.14 bits per heavy atom. The monoisotopic (exact) mass is 212 g/mol. The van der Waals surface area contributed by atoms with Crippen molar-refractivity contribution >= 4 is 22.4 Å². The van der Waals surface area contributed by atoms with E-state index in [2.05, 4.69) is 0 Å². The van der Waals surface area contributed by atoms with E-state index in [9.17, 15) is 9.00 Å². The lowest BCUT2D eigenvalue weighted by Crippen LogP contribution is -2.19. The van der Waals surface area contributed by atoms with Gasteiger partial charge >= 0.3 is 0 Å². The zero-order chi connectivity index (χ0) is 10.7. The molecule has 0 aliphatic carbocycles. The van der Waals surface area contributed by atoms with Crippen LogP contribution in [0, 0.1) is 6.92 Å². The Labute approximate surface area is 84.7 Å². The van der Waals surface area contributed by atoms with Crippen molar-refractivity contribution in [2.45, 2.75) is 11.8 Å². The highest BCUT2D eigenvalue weighted by Gasteiger charge is 2.10. The van der Waals surface area contributed by atoms with Crippen LogP contribution in [0.1, 0.15) is 5.56 Å². The van der Waals surface area contributed by atoms with Gasteiger partial charge < -0.3 is 11.5 Å². The number of carbonyl (C=O) groups is 1. The van der Waals surface area contributed by atoms with Crippen molar-refractivity contribution in [2.75, 3.05) is 11.5 Å². The Morgan fingerprint density at radius 3 is 2.64 bits per heavy atom. The summed E-state index contributed by atoms with van der Waals surface area (Å²) in [5.41, 5.74) is 12.0. The number of aryl methyl sites for hydroxylation is 1. The molecule has 0 aromatic heterocycles. The number of anilines is 1. The zero-order valence-corrected chi connectivity index (χ0v) is 8.64. The number of primary amides is 1. The number of carbonyl (C=O) groups excluding carboxylic acids is 1. The van der Waals surface area contributed by atoms with Gasteiger partial charge in [-0.3, -0.25) is 9.00 Å². The molecular formula is C9H12N2O2S. The summed E-state index contributed by atoms with van der Waals surface area (Å²) in [7, 11) is -1.43. The van der Waals surface area contributed by atoms with Crippen LogP contribution in [0.3, 0.4) is 0 Å². The highest BCUT2D eigenvalue weighted by atomic mass is 32.2. The van der Waals surface area contributed by atoms with E-state index in [0.717, 1.165) is 5.56 Å². The van der Waals surface area contributed by atoms with Crippen molar-refractivity contribution in [3.63, 3.8) is 0 Å². The van der Waals surface area contributed by atoms with Gasteiger partial charge in [0.05, 0.1) is 15.7 Å². The first-order valence-corrected chi connectivity index (χ1v) is 5.35. The molecular weight excluding hydrogens is 200 g/mol. The van der Waals surface area contributed by atoms with E-state index < -0.39 is 16.7 Å². The molecule has 1 amide bonds. The van der Waals surface area contributed by atoms with Crippen molar-refractivity contribution in [1.29, 1.82) is 0 Å². The fraction of sp³-hybridized carbons (Fsp3) is 0.222. The van der Waals surface area contributed by atoms with Gasteiger partial charge in [0, 0.05) is 5.69 Å². The van der Waals surface area contributed by atoms with E-state index in [-0.39, 0.29) is 5.75 Å². The second kappa shape index (κ2) is 4.23. The quantitative estimate of drug-likeness (QED) is 0.700. The van der Waals surface area contributed by atoms with Crippen molar-refractivity contribution in [3.8, 4) is 0 Å². The molecule has 1 rings (SSSR count). The van der Waals surface area contributed by atoms with Crippen LogP contribution in [0.2, 0.25) is 0 Å². The third-order valence-corrected chi connectivity index (χ3v) is 3.09. The summed E-state index contributed by atoms with van der Waals surface area (Å²) in [6, 6.07) is 5.17. The van der Waals surface area contributed by atoms with Gasteiger partial charge in [-0.25, -0.2) is 0 Å². The van der Waals surface area contributed by atoms with E-state index in [0.29, 0.717) is 10.6 Å². The molecule has 4 nitrogen and oxygen atoms in total. The second-order valence-corrected chi connectivity index (χ2v) is 4.42. The molecule has 1 unspecified atom stereocenters. The summed E-state index contributed by atoms with van der Waals surface area (Å²) in [5, 5.41) is 0. The van der Waals surface area contributed by atoms with E-state index >= 15 is 0 Å². The third-order valence-electron chi connectivity index (χ3n) is 1.68. The number of hydrogen-bond donors (Lipinski definition) is 2. The van der Waals surface area contributed by atoms with Gasteiger partial charge in [-0.2, -0.15) is 0 Å². The Kier molecular flexibility index (Phi) is 3.24.